The molecular formula is C11H15N5O5. The number of aliphatic hydroxyl groups is 4. The van der Waals surface area contributed by atoms with Gasteiger partial charge >= 0.3 is 0 Å². The molecule has 0 saturated carbocycles. The van der Waals surface area contributed by atoms with E-state index in [1.54, 1.807) is 0 Å². The first-order valence-corrected chi connectivity index (χ1v) is 6.25. The monoisotopic (exact) mass is 297 g/mol. The van der Waals surface area contributed by atoms with Crippen LogP contribution in [0.5, 0.6) is 0 Å². The number of nitrogens with two attached hydrogens (primary N) is 1. The summed E-state index contributed by atoms with van der Waals surface area (Å²) in [4.78, 5) is 11.8. The number of ether oxygens (including phenoxy) is 1. The Morgan fingerprint density at radius 3 is 2.67 bits per heavy atom. The number of nitrogen functional groups attached to an aromatic ring is 1. The predicted octanol–water partition coefficient (Wildman–Crippen LogP) is -2.83. The maximum atomic E-state index is 10.2. The minimum Gasteiger partial charge on any atom is -0.394 e. The van der Waals surface area contributed by atoms with Crippen molar-refractivity contribution in [2.75, 3.05) is 18.9 Å². The first-order chi connectivity index (χ1) is 10.0. The summed E-state index contributed by atoms with van der Waals surface area (Å²) in [5.41, 5.74) is 4.50. The van der Waals surface area contributed by atoms with Crippen LogP contribution < -0.4 is 5.73 Å². The van der Waals surface area contributed by atoms with Crippen molar-refractivity contribution in [3.05, 3.63) is 12.7 Å². The third-order valence-electron chi connectivity index (χ3n) is 3.70. The van der Waals surface area contributed by atoms with E-state index >= 15 is 0 Å². The molecule has 6 N–H and O–H groups in total. The van der Waals surface area contributed by atoms with Crippen molar-refractivity contribution in [3.8, 4) is 0 Å². The summed E-state index contributed by atoms with van der Waals surface area (Å²) in [5.74, 6) is 0.138. The Balaban J connectivity index is 2.17. The molecule has 0 aromatic carbocycles. The largest absolute Gasteiger partial charge is 0.394 e. The second-order valence-corrected chi connectivity index (χ2v) is 4.82. The Hall–Kier alpha value is -1.85. The summed E-state index contributed by atoms with van der Waals surface area (Å²) in [7, 11) is 0. The normalized spacial score (nSPS) is 32.9. The second kappa shape index (κ2) is 4.86. The Bertz CT molecular complexity index is 663. The summed E-state index contributed by atoms with van der Waals surface area (Å²) >= 11 is 0. The maximum Gasteiger partial charge on any atom is 0.199 e. The number of hydrogen-bond acceptors (Lipinski definition) is 9. The van der Waals surface area contributed by atoms with E-state index in [9.17, 15) is 20.4 Å². The molecule has 114 valence electrons. The SMILES string of the molecule is Nc1ncnc2c1ncn2[C@]1(CO)O[C@@H](CO)[C@@H](O)[C@H]1O. The molecule has 2 aromatic heterocycles. The third kappa shape index (κ3) is 1.81. The van der Waals surface area contributed by atoms with Gasteiger partial charge in [0.05, 0.1) is 19.5 Å². The molecule has 10 nitrogen and oxygen atoms in total. The molecule has 4 atom stereocenters. The van der Waals surface area contributed by atoms with Crippen LogP contribution in [0.15, 0.2) is 12.7 Å². The van der Waals surface area contributed by atoms with Crippen LogP contribution in [0.2, 0.25) is 0 Å². The minimum absolute atomic E-state index is 0.138. The minimum atomic E-state index is -1.71. The van der Waals surface area contributed by atoms with Crippen LogP contribution in [-0.2, 0) is 10.5 Å². The molecule has 21 heavy (non-hydrogen) atoms. The molecule has 0 aliphatic carbocycles. The number of imidazole rings is 1. The number of fused-ring (bicyclic) bond motifs is 1. The van der Waals surface area contributed by atoms with Crippen molar-refractivity contribution in [2.45, 2.75) is 24.0 Å². The molecule has 1 fully saturated rings. The van der Waals surface area contributed by atoms with Crippen molar-refractivity contribution in [1.82, 2.24) is 19.5 Å². The number of nitrogens with zero attached hydrogens (tertiary/aromatic N) is 4. The van der Waals surface area contributed by atoms with Crippen LogP contribution >= 0.6 is 0 Å². The third-order valence-corrected chi connectivity index (χ3v) is 3.70. The van der Waals surface area contributed by atoms with Crippen molar-refractivity contribution in [2.24, 2.45) is 0 Å². The van der Waals surface area contributed by atoms with Gasteiger partial charge in [-0.1, -0.05) is 0 Å². The molecule has 0 spiro atoms. The quantitative estimate of drug-likeness (QED) is 0.402. The first kappa shape index (κ1) is 14.1. The number of aromatic nitrogens is 4. The van der Waals surface area contributed by atoms with E-state index in [1.807, 2.05) is 0 Å². The van der Waals surface area contributed by atoms with Crippen molar-refractivity contribution in [1.29, 1.82) is 0 Å². The molecule has 3 heterocycles. The maximum absolute atomic E-state index is 10.2. The summed E-state index contributed by atoms with van der Waals surface area (Å²) in [6.45, 7) is -1.17. The Morgan fingerprint density at radius 1 is 1.29 bits per heavy atom. The highest BCUT2D eigenvalue weighted by atomic mass is 16.6. The molecule has 1 aliphatic rings. The fourth-order valence-electron chi connectivity index (χ4n) is 2.55. The van der Waals surface area contributed by atoms with Crippen molar-refractivity contribution in [3.63, 3.8) is 0 Å². The molecular weight excluding hydrogens is 282 g/mol. The topological polar surface area (TPSA) is 160 Å². The molecule has 2 aromatic rings. The van der Waals surface area contributed by atoms with Gasteiger partial charge in [-0.25, -0.2) is 15.0 Å². The Labute approximate surface area is 118 Å². The van der Waals surface area contributed by atoms with Crippen LogP contribution in [0.25, 0.3) is 11.2 Å². The van der Waals surface area contributed by atoms with E-state index in [-0.39, 0.29) is 17.0 Å². The lowest BCUT2D eigenvalue weighted by Gasteiger charge is -2.31. The molecule has 0 radical (unpaired) electrons. The van der Waals surface area contributed by atoms with E-state index in [4.69, 9.17) is 10.5 Å². The summed E-state index contributed by atoms with van der Waals surface area (Å²) in [6, 6.07) is 0. The zero-order valence-electron chi connectivity index (χ0n) is 10.9. The Kier molecular flexibility index (Phi) is 3.26. The smallest absolute Gasteiger partial charge is 0.199 e. The standard InChI is InChI=1S/C11H15N5O5/c12-9-6-10(14-3-13-9)16(4-15-6)11(2-18)8(20)7(19)5(1-17)21-11/h3-5,7-8,17-20H,1-2H2,(H2,12,13,14)/t5-,7+,8+,11+/m0/s1. The number of aliphatic hydroxyl groups excluding tert-OH is 4. The number of rotatable bonds is 3. The van der Waals surface area contributed by atoms with Gasteiger partial charge < -0.3 is 30.9 Å². The summed E-state index contributed by atoms with van der Waals surface area (Å²) in [6.07, 6.45) is -1.39. The predicted molar refractivity (Wildman–Crippen MR) is 68.8 cm³/mol. The summed E-state index contributed by atoms with van der Waals surface area (Å²) in [5, 5.41) is 39.1. The summed E-state index contributed by atoms with van der Waals surface area (Å²) < 4.78 is 6.77. The van der Waals surface area contributed by atoms with Gasteiger partial charge in [0.25, 0.3) is 0 Å². The molecule has 0 bridgehead atoms. The zero-order valence-corrected chi connectivity index (χ0v) is 10.9. The van der Waals surface area contributed by atoms with E-state index in [2.05, 4.69) is 15.0 Å². The second-order valence-electron chi connectivity index (χ2n) is 4.82. The molecule has 0 amide bonds. The zero-order chi connectivity index (χ0) is 15.2. The molecule has 1 saturated heterocycles. The van der Waals surface area contributed by atoms with Crippen molar-refractivity contribution >= 4 is 17.0 Å². The molecule has 3 rings (SSSR count). The van der Waals surface area contributed by atoms with E-state index in [0.717, 1.165) is 0 Å². The van der Waals surface area contributed by atoms with Gasteiger partial charge in [-0.3, -0.25) is 4.57 Å². The van der Waals surface area contributed by atoms with Gasteiger partial charge in [0.1, 0.15) is 30.2 Å². The number of hydrogen-bond donors (Lipinski definition) is 5. The van der Waals surface area contributed by atoms with Crippen LogP contribution in [0.1, 0.15) is 0 Å². The van der Waals surface area contributed by atoms with Gasteiger partial charge in [0.15, 0.2) is 17.2 Å². The van der Waals surface area contributed by atoms with E-state index in [1.165, 1.54) is 17.2 Å². The van der Waals surface area contributed by atoms with Gasteiger partial charge in [-0.05, 0) is 0 Å². The molecule has 0 unspecified atom stereocenters. The Morgan fingerprint density at radius 2 is 2.05 bits per heavy atom. The average molecular weight is 297 g/mol. The molecule has 10 heteroatoms. The van der Waals surface area contributed by atoms with E-state index < -0.39 is 37.3 Å². The van der Waals surface area contributed by atoms with E-state index in [0.29, 0.717) is 0 Å². The van der Waals surface area contributed by atoms with Crippen LogP contribution in [0, 0.1) is 0 Å². The average Bonchev–Trinajstić information content (AvgIpc) is 3.03. The van der Waals surface area contributed by atoms with Gasteiger partial charge in [-0.15, -0.1) is 0 Å². The highest BCUT2D eigenvalue weighted by Gasteiger charge is 2.55. The van der Waals surface area contributed by atoms with Crippen molar-refractivity contribution < 1.29 is 25.2 Å². The van der Waals surface area contributed by atoms with Gasteiger partial charge in [0, 0.05) is 0 Å². The fourth-order valence-corrected chi connectivity index (χ4v) is 2.55. The first-order valence-electron chi connectivity index (χ1n) is 6.25. The lowest BCUT2D eigenvalue weighted by Crippen LogP contribution is -2.48. The van der Waals surface area contributed by atoms with Crippen LogP contribution in [0.4, 0.5) is 5.82 Å². The lowest BCUT2D eigenvalue weighted by molar-refractivity contribution is -0.169. The highest BCUT2D eigenvalue weighted by molar-refractivity contribution is 5.81. The molecule has 1 aliphatic heterocycles. The van der Waals surface area contributed by atoms with Crippen LogP contribution in [-0.4, -0.2) is 71.5 Å². The highest BCUT2D eigenvalue weighted by Crippen LogP contribution is 2.37. The number of anilines is 1. The fraction of sp³-hybridized carbons (Fsp3) is 0.545. The van der Waals surface area contributed by atoms with Gasteiger partial charge in [-0.2, -0.15) is 0 Å². The lowest BCUT2D eigenvalue weighted by atomic mass is 10.0. The van der Waals surface area contributed by atoms with Crippen LogP contribution in [0.3, 0.4) is 0 Å². The van der Waals surface area contributed by atoms with Gasteiger partial charge in [0.2, 0.25) is 0 Å².